The van der Waals surface area contributed by atoms with Crippen LogP contribution >= 0.6 is 15.9 Å². The standard InChI is InChI=1S/C11H11BrF3N3O3/c12-2-1-5-3-18(10(20)17-8(5)16)9-7(13)11(14,15)6(4-19)21-9/h1-3,6-7,9,19H,4H2,(H2,16,17,20). The first kappa shape index (κ1) is 16.0. The number of aliphatic hydroxyl groups excluding tert-OH is 1. The number of anilines is 1. The van der Waals surface area contributed by atoms with Crippen LogP contribution in [0.4, 0.5) is 19.0 Å². The van der Waals surface area contributed by atoms with Gasteiger partial charge in [-0.05, 0) is 11.1 Å². The third-order valence-corrected chi connectivity index (χ3v) is 3.31. The summed E-state index contributed by atoms with van der Waals surface area (Å²) in [6.07, 6.45) is -4.24. The molecule has 0 bridgehead atoms. The summed E-state index contributed by atoms with van der Waals surface area (Å²) in [5, 5.41) is 8.82. The summed E-state index contributed by atoms with van der Waals surface area (Å²) in [6.45, 7) is -1.07. The summed E-state index contributed by atoms with van der Waals surface area (Å²) in [6, 6.07) is 0. The maximum atomic E-state index is 13.9. The van der Waals surface area contributed by atoms with E-state index in [-0.39, 0.29) is 11.4 Å². The second-order valence-corrected chi connectivity index (χ2v) is 4.87. The first-order valence-electron chi connectivity index (χ1n) is 5.76. The minimum atomic E-state index is -3.91. The molecule has 3 N–H and O–H groups in total. The fraction of sp³-hybridized carbons (Fsp3) is 0.455. The average Bonchev–Trinajstić information content (AvgIpc) is 2.64. The Bertz CT molecular complexity index is 622. The van der Waals surface area contributed by atoms with Crippen LogP contribution in [0.25, 0.3) is 6.08 Å². The summed E-state index contributed by atoms with van der Waals surface area (Å²) in [4.78, 5) is 16.6. The summed E-state index contributed by atoms with van der Waals surface area (Å²) < 4.78 is 46.3. The Morgan fingerprint density at radius 2 is 2.29 bits per heavy atom. The number of aliphatic hydroxyl groups is 1. The summed E-state index contributed by atoms with van der Waals surface area (Å²) >= 11 is 2.99. The molecule has 2 heterocycles. The molecule has 1 saturated heterocycles. The number of nitrogens with two attached hydrogens (primary N) is 1. The molecule has 10 heteroatoms. The van der Waals surface area contributed by atoms with Crippen LogP contribution < -0.4 is 11.4 Å². The SMILES string of the molecule is Nc1nc(=O)n(C2OC(CO)C(F)(F)C2F)cc1C=CBr. The number of ether oxygens (including phenoxy) is 1. The normalized spacial score (nSPS) is 28.3. The van der Waals surface area contributed by atoms with Gasteiger partial charge in [0.05, 0.1) is 6.61 Å². The lowest BCUT2D eigenvalue weighted by Crippen LogP contribution is -2.39. The van der Waals surface area contributed by atoms with Gasteiger partial charge in [0, 0.05) is 11.8 Å². The largest absolute Gasteiger partial charge is 0.393 e. The Balaban J connectivity index is 2.48. The molecule has 21 heavy (non-hydrogen) atoms. The maximum Gasteiger partial charge on any atom is 0.351 e. The Labute approximate surface area is 125 Å². The molecule has 1 fully saturated rings. The molecule has 0 amide bonds. The predicted octanol–water partition coefficient (Wildman–Crippen LogP) is 1.05. The van der Waals surface area contributed by atoms with Gasteiger partial charge in [0.25, 0.3) is 0 Å². The van der Waals surface area contributed by atoms with Crippen molar-refractivity contribution in [1.82, 2.24) is 9.55 Å². The third-order valence-electron chi connectivity index (χ3n) is 3.04. The lowest BCUT2D eigenvalue weighted by molar-refractivity contribution is -0.111. The quantitative estimate of drug-likeness (QED) is 0.831. The fourth-order valence-electron chi connectivity index (χ4n) is 1.94. The van der Waals surface area contributed by atoms with E-state index < -0.39 is 36.7 Å². The topological polar surface area (TPSA) is 90.4 Å². The molecule has 0 aliphatic carbocycles. The molecule has 0 aromatic carbocycles. The van der Waals surface area contributed by atoms with E-state index in [1.54, 1.807) is 0 Å². The van der Waals surface area contributed by atoms with Crippen LogP contribution in [-0.2, 0) is 4.74 Å². The Morgan fingerprint density at radius 1 is 1.62 bits per heavy atom. The van der Waals surface area contributed by atoms with Gasteiger partial charge < -0.3 is 15.6 Å². The van der Waals surface area contributed by atoms with Gasteiger partial charge in [-0.1, -0.05) is 15.9 Å². The first-order chi connectivity index (χ1) is 9.82. The van der Waals surface area contributed by atoms with Crippen LogP contribution in [0.15, 0.2) is 16.0 Å². The van der Waals surface area contributed by atoms with Gasteiger partial charge in [0.1, 0.15) is 11.9 Å². The molecular formula is C11H11BrF3N3O3. The molecule has 6 nitrogen and oxygen atoms in total. The lowest BCUT2D eigenvalue weighted by Gasteiger charge is -2.17. The fourth-order valence-corrected chi connectivity index (χ4v) is 2.23. The van der Waals surface area contributed by atoms with E-state index in [9.17, 15) is 18.0 Å². The van der Waals surface area contributed by atoms with E-state index in [1.807, 2.05) is 0 Å². The molecular weight excluding hydrogens is 359 g/mol. The summed E-state index contributed by atoms with van der Waals surface area (Å²) in [7, 11) is 0. The average molecular weight is 370 g/mol. The van der Waals surface area contributed by atoms with Crippen LogP contribution in [0, 0.1) is 0 Å². The maximum absolute atomic E-state index is 13.9. The zero-order valence-electron chi connectivity index (χ0n) is 10.4. The number of nitrogen functional groups attached to an aromatic ring is 1. The van der Waals surface area contributed by atoms with E-state index in [4.69, 9.17) is 15.6 Å². The third kappa shape index (κ3) is 2.70. The molecule has 1 aliphatic heterocycles. The van der Waals surface area contributed by atoms with Crippen LogP contribution in [0.5, 0.6) is 0 Å². The first-order valence-corrected chi connectivity index (χ1v) is 6.68. The number of hydrogen-bond acceptors (Lipinski definition) is 5. The van der Waals surface area contributed by atoms with Gasteiger partial charge in [0.15, 0.2) is 6.23 Å². The number of hydrogen-bond donors (Lipinski definition) is 2. The Morgan fingerprint density at radius 3 is 2.81 bits per heavy atom. The molecule has 3 unspecified atom stereocenters. The smallest absolute Gasteiger partial charge is 0.351 e. The number of rotatable bonds is 3. The highest BCUT2D eigenvalue weighted by Crippen LogP contribution is 2.42. The molecule has 0 spiro atoms. The van der Waals surface area contributed by atoms with Crippen molar-refractivity contribution in [3.63, 3.8) is 0 Å². The van der Waals surface area contributed by atoms with Crippen molar-refractivity contribution in [1.29, 1.82) is 0 Å². The number of halogens is 4. The minimum Gasteiger partial charge on any atom is -0.393 e. The number of aromatic nitrogens is 2. The van der Waals surface area contributed by atoms with Gasteiger partial charge in [-0.25, -0.2) is 18.0 Å². The molecule has 1 aliphatic rings. The minimum absolute atomic E-state index is 0.133. The summed E-state index contributed by atoms with van der Waals surface area (Å²) in [5.41, 5.74) is 4.69. The monoisotopic (exact) mass is 369 g/mol. The molecule has 3 atom stereocenters. The van der Waals surface area contributed by atoms with Crippen LogP contribution in [-0.4, -0.2) is 39.5 Å². The second-order valence-electron chi connectivity index (χ2n) is 4.34. The van der Waals surface area contributed by atoms with Gasteiger partial charge in [0.2, 0.25) is 6.17 Å². The number of alkyl halides is 3. The second kappa shape index (κ2) is 5.78. The highest BCUT2D eigenvalue weighted by Gasteiger charge is 2.60. The molecule has 0 radical (unpaired) electrons. The molecule has 116 valence electrons. The van der Waals surface area contributed by atoms with Gasteiger partial charge in [-0.15, -0.1) is 0 Å². The number of nitrogens with zero attached hydrogens (tertiary/aromatic N) is 2. The molecule has 2 rings (SSSR count). The molecule has 0 saturated carbocycles. The van der Waals surface area contributed by atoms with E-state index in [0.29, 0.717) is 4.57 Å². The highest BCUT2D eigenvalue weighted by atomic mass is 79.9. The van der Waals surface area contributed by atoms with Crippen LogP contribution in [0.1, 0.15) is 11.8 Å². The van der Waals surface area contributed by atoms with Gasteiger partial charge >= 0.3 is 11.6 Å². The molecule has 1 aromatic rings. The van der Waals surface area contributed by atoms with E-state index in [0.717, 1.165) is 6.20 Å². The van der Waals surface area contributed by atoms with E-state index in [1.165, 1.54) is 11.1 Å². The zero-order chi connectivity index (χ0) is 15.8. The van der Waals surface area contributed by atoms with Crippen molar-refractivity contribution < 1.29 is 23.0 Å². The van der Waals surface area contributed by atoms with Crippen molar-refractivity contribution in [3.8, 4) is 0 Å². The summed E-state index contributed by atoms with van der Waals surface area (Å²) in [5.74, 6) is -4.04. The van der Waals surface area contributed by atoms with Gasteiger partial charge in [-0.3, -0.25) is 4.57 Å². The Hall–Kier alpha value is -1.39. The predicted molar refractivity (Wildman–Crippen MR) is 71.7 cm³/mol. The van der Waals surface area contributed by atoms with Crippen molar-refractivity contribution in [2.75, 3.05) is 12.3 Å². The van der Waals surface area contributed by atoms with E-state index in [2.05, 4.69) is 20.9 Å². The van der Waals surface area contributed by atoms with Crippen LogP contribution in [0.3, 0.4) is 0 Å². The van der Waals surface area contributed by atoms with E-state index >= 15 is 0 Å². The van der Waals surface area contributed by atoms with Crippen molar-refractivity contribution >= 4 is 27.8 Å². The van der Waals surface area contributed by atoms with Crippen molar-refractivity contribution in [2.24, 2.45) is 0 Å². The Kier molecular flexibility index (Phi) is 4.40. The zero-order valence-corrected chi connectivity index (χ0v) is 12.0. The van der Waals surface area contributed by atoms with Crippen molar-refractivity contribution in [3.05, 3.63) is 27.2 Å². The molecule has 1 aromatic heterocycles. The van der Waals surface area contributed by atoms with Crippen LogP contribution in [0.2, 0.25) is 0 Å². The lowest BCUT2D eigenvalue weighted by atomic mass is 10.1. The highest BCUT2D eigenvalue weighted by molar-refractivity contribution is 9.11. The van der Waals surface area contributed by atoms with Crippen molar-refractivity contribution in [2.45, 2.75) is 24.4 Å². The van der Waals surface area contributed by atoms with Gasteiger partial charge in [-0.2, -0.15) is 4.98 Å².